The third kappa shape index (κ3) is 2.78. The molecule has 0 saturated carbocycles. The first-order chi connectivity index (χ1) is 10.6. The SMILES string of the molecule is Cc1ncsc1CN1CCC[C@H]1c1[nH]ncc1C(=O)N(C)C. The van der Waals surface area contributed by atoms with Gasteiger partial charge in [0.2, 0.25) is 0 Å². The lowest BCUT2D eigenvalue weighted by molar-refractivity contribution is 0.0824. The number of hydrogen-bond acceptors (Lipinski definition) is 5. The van der Waals surface area contributed by atoms with E-state index in [1.807, 2.05) is 12.4 Å². The fraction of sp³-hybridized carbons (Fsp3) is 0.533. The number of aromatic nitrogens is 3. The molecule has 1 N–H and O–H groups in total. The molecule has 22 heavy (non-hydrogen) atoms. The molecule has 1 aliphatic heterocycles. The highest BCUT2D eigenvalue weighted by Gasteiger charge is 2.31. The number of nitrogens with one attached hydrogen (secondary N) is 1. The van der Waals surface area contributed by atoms with Crippen LogP contribution < -0.4 is 0 Å². The van der Waals surface area contributed by atoms with E-state index in [2.05, 4.69) is 20.1 Å². The summed E-state index contributed by atoms with van der Waals surface area (Å²) in [6.45, 7) is 3.97. The van der Waals surface area contributed by atoms with Gasteiger partial charge in [-0.15, -0.1) is 11.3 Å². The number of likely N-dealkylation sites (tertiary alicyclic amines) is 1. The molecule has 0 aliphatic carbocycles. The quantitative estimate of drug-likeness (QED) is 0.938. The Bertz CT molecular complexity index is 662. The summed E-state index contributed by atoms with van der Waals surface area (Å²) in [7, 11) is 3.54. The lowest BCUT2D eigenvalue weighted by Gasteiger charge is -2.24. The van der Waals surface area contributed by atoms with E-state index in [1.54, 1.807) is 36.5 Å². The number of aryl methyl sites for hydroxylation is 1. The molecule has 0 unspecified atom stereocenters. The van der Waals surface area contributed by atoms with Gasteiger partial charge in [-0.2, -0.15) is 5.10 Å². The summed E-state index contributed by atoms with van der Waals surface area (Å²) >= 11 is 1.70. The second kappa shape index (κ2) is 6.18. The van der Waals surface area contributed by atoms with Gasteiger partial charge in [0, 0.05) is 25.5 Å². The van der Waals surface area contributed by atoms with Gasteiger partial charge >= 0.3 is 0 Å². The first kappa shape index (κ1) is 15.2. The summed E-state index contributed by atoms with van der Waals surface area (Å²) < 4.78 is 0. The van der Waals surface area contributed by atoms with Crippen LogP contribution in [0.4, 0.5) is 0 Å². The standard InChI is InChI=1S/C15H21N5OS/c1-10-13(22-9-16-10)8-20-6-4-5-12(20)14-11(7-17-18-14)15(21)19(2)3/h7,9,12H,4-6,8H2,1-3H3,(H,17,18)/t12-/m0/s1. The number of carbonyl (C=O) groups excluding carboxylic acids is 1. The topological polar surface area (TPSA) is 65.1 Å². The second-order valence-corrected chi connectivity index (χ2v) is 6.83. The van der Waals surface area contributed by atoms with Crippen LogP contribution in [0, 0.1) is 6.92 Å². The van der Waals surface area contributed by atoms with Crippen molar-refractivity contribution >= 4 is 17.2 Å². The zero-order chi connectivity index (χ0) is 15.7. The van der Waals surface area contributed by atoms with Gasteiger partial charge < -0.3 is 4.90 Å². The van der Waals surface area contributed by atoms with E-state index in [-0.39, 0.29) is 11.9 Å². The molecule has 3 heterocycles. The van der Waals surface area contributed by atoms with Crippen LogP contribution in [-0.2, 0) is 6.54 Å². The summed E-state index contributed by atoms with van der Waals surface area (Å²) in [5.41, 5.74) is 4.62. The maximum absolute atomic E-state index is 12.3. The highest BCUT2D eigenvalue weighted by molar-refractivity contribution is 7.09. The van der Waals surface area contributed by atoms with Crippen LogP contribution in [0.2, 0.25) is 0 Å². The van der Waals surface area contributed by atoms with Gasteiger partial charge in [-0.3, -0.25) is 14.8 Å². The van der Waals surface area contributed by atoms with E-state index >= 15 is 0 Å². The van der Waals surface area contributed by atoms with Crippen molar-refractivity contribution in [3.05, 3.63) is 33.5 Å². The van der Waals surface area contributed by atoms with Crippen LogP contribution in [-0.4, -0.2) is 51.5 Å². The van der Waals surface area contributed by atoms with Crippen molar-refractivity contribution in [1.82, 2.24) is 25.0 Å². The Morgan fingerprint density at radius 1 is 1.55 bits per heavy atom. The smallest absolute Gasteiger partial charge is 0.256 e. The van der Waals surface area contributed by atoms with Gasteiger partial charge in [-0.25, -0.2) is 4.98 Å². The van der Waals surface area contributed by atoms with Gasteiger partial charge in [0.05, 0.1) is 34.7 Å². The monoisotopic (exact) mass is 319 g/mol. The lowest BCUT2D eigenvalue weighted by atomic mass is 10.1. The third-order valence-electron chi connectivity index (χ3n) is 4.19. The molecule has 118 valence electrons. The number of hydrogen-bond donors (Lipinski definition) is 1. The molecule has 2 aromatic heterocycles. The summed E-state index contributed by atoms with van der Waals surface area (Å²) in [5.74, 6) is 0.00423. The highest BCUT2D eigenvalue weighted by Crippen LogP contribution is 2.34. The van der Waals surface area contributed by atoms with Gasteiger partial charge in [-0.1, -0.05) is 0 Å². The van der Waals surface area contributed by atoms with Crippen molar-refractivity contribution in [2.75, 3.05) is 20.6 Å². The minimum Gasteiger partial charge on any atom is -0.345 e. The maximum Gasteiger partial charge on any atom is 0.256 e. The molecule has 0 radical (unpaired) electrons. The summed E-state index contributed by atoms with van der Waals surface area (Å²) in [5, 5.41) is 7.17. The van der Waals surface area contributed by atoms with Crippen LogP contribution in [0.25, 0.3) is 0 Å². The lowest BCUT2D eigenvalue weighted by Crippen LogP contribution is -2.27. The van der Waals surface area contributed by atoms with Crippen molar-refractivity contribution in [1.29, 1.82) is 0 Å². The molecule has 1 atom stereocenters. The molecule has 0 spiro atoms. The molecule has 1 amide bonds. The number of nitrogens with zero attached hydrogens (tertiary/aromatic N) is 4. The molecule has 0 bridgehead atoms. The molecule has 6 nitrogen and oxygen atoms in total. The van der Waals surface area contributed by atoms with E-state index in [0.717, 1.165) is 37.3 Å². The Morgan fingerprint density at radius 3 is 3.05 bits per heavy atom. The Labute approximate surface area is 134 Å². The minimum atomic E-state index is 0.00423. The Balaban J connectivity index is 1.83. The molecule has 1 aliphatic rings. The first-order valence-corrected chi connectivity index (χ1v) is 8.34. The summed E-state index contributed by atoms with van der Waals surface area (Å²) in [6.07, 6.45) is 3.83. The average Bonchev–Trinajstić information content (AvgIpc) is 3.20. The van der Waals surface area contributed by atoms with Crippen LogP contribution in [0.1, 0.15) is 45.5 Å². The van der Waals surface area contributed by atoms with Gasteiger partial charge in [0.15, 0.2) is 0 Å². The first-order valence-electron chi connectivity index (χ1n) is 7.46. The number of H-pyrrole nitrogens is 1. The number of rotatable bonds is 4. The molecular weight excluding hydrogens is 298 g/mol. The van der Waals surface area contributed by atoms with Crippen molar-refractivity contribution in [2.24, 2.45) is 0 Å². The number of carbonyl (C=O) groups is 1. The normalized spacial score (nSPS) is 18.8. The molecule has 0 aromatic carbocycles. The van der Waals surface area contributed by atoms with E-state index < -0.39 is 0 Å². The number of aromatic amines is 1. The van der Waals surface area contributed by atoms with Crippen LogP contribution in [0.15, 0.2) is 11.7 Å². The van der Waals surface area contributed by atoms with Crippen LogP contribution >= 0.6 is 11.3 Å². The van der Waals surface area contributed by atoms with Crippen molar-refractivity contribution in [3.8, 4) is 0 Å². The zero-order valence-electron chi connectivity index (χ0n) is 13.2. The molecule has 7 heteroatoms. The van der Waals surface area contributed by atoms with Gasteiger partial charge in [-0.05, 0) is 26.3 Å². The molecule has 1 saturated heterocycles. The van der Waals surface area contributed by atoms with Crippen molar-refractivity contribution in [2.45, 2.75) is 32.4 Å². The third-order valence-corrected chi connectivity index (χ3v) is 5.11. The predicted octanol–water partition coefficient (Wildman–Crippen LogP) is 2.21. The fourth-order valence-corrected chi connectivity index (χ4v) is 3.77. The maximum atomic E-state index is 12.3. The molecular formula is C15H21N5OS. The Kier molecular flexibility index (Phi) is 4.26. The van der Waals surface area contributed by atoms with Crippen LogP contribution in [0.5, 0.6) is 0 Å². The molecule has 3 rings (SSSR count). The Morgan fingerprint density at radius 2 is 2.36 bits per heavy atom. The van der Waals surface area contributed by atoms with E-state index in [1.165, 1.54) is 4.88 Å². The molecule has 2 aromatic rings. The number of thiazole rings is 1. The van der Waals surface area contributed by atoms with Crippen molar-refractivity contribution in [3.63, 3.8) is 0 Å². The van der Waals surface area contributed by atoms with Crippen LogP contribution in [0.3, 0.4) is 0 Å². The predicted molar refractivity (Wildman–Crippen MR) is 85.8 cm³/mol. The minimum absolute atomic E-state index is 0.00423. The van der Waals surface area contributed by atoms with E-state index in [0.29, 0.717) is 5.56 Å². The summed E-state index contributed by atoms with van der Waals surface area (Å²) in [4.78, 5) is 21.9. The van der Waals surface area contributed by atoms with E-state index in [4.69, 9.17) is 0 Å². The van der Waals surface area contributed by atoms with Gasteiger partial charge in [0.1, 0.15) is 0 Å². The average molecular weight is 319 g/mol. The van der Waals surface area contributed by atoms with Crippen molar-refractivity contribution < 1.29 is 4.79 Å². The fourth-order valence-electron chi connectivity index (χ4n) is 2.97. The largest absolute Gasteiger partial charge is 0.345 e. The second-order valence-electron chi connectivity index (χ2n) is 5.89. The molecule has 1 fully saturated rings. The zero-order valence-corrected chi connectivity index (χ0v) is 14.0. The Hall–Kier alpha value is -1.73. The summed E-state index contributed by atoms with van der Waals surface area (Å²) in [6, 6.07) is 0.225. The highest BCUT2D eigenvalue weighted by atomic mass is 32.1. The number of amides is 1. The van der Waals surface area contributed by atoms with Gasteiger partial charge in [0.25, 0.3) is 5.91 Å². The van der Waals surface area contributed by atoms with E-state index in [9.17, 15) is 4.79 Å².